The molecule has 0 saturated carbocycles. The Hall–Kier alpha value is -1.69. The van der Waals surface area contributed by atoms with Crippen LogP contribution in [0, 0.1) is 0 Å². The third-order valence-corrected chi connectivity index (χ3v) is 3.16. The molecule has 5 heteroatoms. The van der Waals surface area contributed by atoms with Gasteiger partial charge >= 0.3 is 0 Å². The van der Waals surface area contributed by atoms with Gasteiger partial charge in [0.25, 0.3) is 0 Å². The van der Waals surface area contributed by atoms with E-state index in [1.807, 2.05) is 6.07 Å². The van der Waals surface area contributed by atoms with Gasteiger partial charge in [-0.1, -0.05) is 12.1 Å². The van der Waals surface area contributed by atoms with Gasteiger partial charge in [-0.25, -0.2) is 0 Å². The van der Waals surface area contributed by atoms with E-state index in [1.54, 1.807) is 25.4 Å². The summed E-state index contributed by atoms with van der Waals surface area (Å²) in [6.45, 7) is 0.630. The number of hydrogen-bond donors (Lipinski definition) is 4. The zero-order valence-electron chi connectivity index (χ0n) is 10.8. The topological polar surface area (TPSA) is 85.3 Å². The highest BCUT2D eigenvalue weighted by Crippen LogP contribution is 2.22. The zero-order valence-corrected chi connectivity index (χ0v) is 10.8. The molecule has 4 N–H and O–H groups in total. The van der Waals surface area contributed by atoms with E-state index < -0.39 is 12.2 Å². The molecule has 0 aliphatic rings. The third kappa shape index (κ3) is 3.20. The Bertz CT molecular complexity index is 609. The molecule has 0 saturated heterocycles. The molecular formula is C14H18N2O3. The van der Waals surface area contributed by atoms with Gasteiger partial charge in [0.15, 0.2) is 0 Å². The number of rotatable bonds is 5. The Morgan fingerprint density at radius 2 is 2.05 bits per heavy atom. The summed E-state index contributed by atoms with van der Waals surface area (Å²) >= 11 is 0. The monoisotopic (exact) mass is 262 g/mol. The van der Waals surface area contributed by atoms with Crippen LogP contribution in [0.5, 0.6) is 0 Å². The summed E-state index contributed by atoms with van der Waals surface area (Å²) in [5.41, 5.74) is 0.427. The van der Waals surface area contributed by atoms with Gasteiger partial charge in [0.05, 0.1) is 6.10 Å². The molecule has 1 heterocycles. The Kier molecular flexibility index (Phi) is 4.31. The molecule has 102 valence electrons. The fourth-order valence-corrected chi connectivity index (χ4v) is 2.04. The summed E-state index contributed by atoms with van der Waals surface area (Å²) in [4.78, 5) is 13.9. The molecule has 0 aliphatic carbocycles. The van der Waals surface area contributed by atoms with Crippen LogP contribution in [0.2, 0.25) is 0 Å². The van der Waals surface area contributed by atoms with Crippen molar-refractivity contribution in [3.05, 3.63) is 46.4 Å². The van der Waals surface area contributed by atoms with E-state index in [9.17, 15) is 15.0 Å². The highest BCUT2D eigenvalue weighted by Gasteiger charge is 2.17. The molecule has 2 aromatic rings. The zero-order chi connectivity index (χ0) is 13.8. The molecule has 0 fully saturated rings. The first-order valence-corrected chi connectivity index (χ1v) is 6.25. The van der Waals surface area contributed by atoms with E-state index in [0.717, 1.165) is 10.8 Å². The molecule has 19 heavy (non-hydrogen) atoms. The lowest BCUT2D eigenvalue weighted by Crippen LogP contribution is -2.23. The molecule has 0 amide bonds. The van der Waals surface area contributed by atoms with Crippen molar-refractivity contribution < 1.29 is 10.2 Å². The van der Waals surface area contributed by atoms with Crippen LogP contribution in [0.25, 0.3) is 10.8 Å². The quantitative estimate of drug-likeness (QED) is 0.633. The number of aromatic amines is 1. The smallest absolute Gasteiger partial charge is 0.248 e. The van der Waals surface area contributed by atoms with Crippen molar-refractivity contribution in [2.45, 2.75) is 18.6 Å². The first kappa shape index (κ1) is 13.7. The van der Waals surface area contributed by atoms with Gasteiger partial charge in [-0.3, -0.25) is 4.79 Å². The summed E-state index contributed by atoms with van der Waals surface area (Å²) in [6, 6.07) is 6.78. The fraction of sp³-hybridized carbons (Fsp3) is 0.357. The first-order chi connectivity index (χ1) is 9.11. The number of benzene rings is 1. The molecule has 2 atom stereocenters. The van der Waals surface area contributed by atoms with Crippen LogP contribution < -0.4 is 10.9 Å². The Morgan fingerprint density at radius 3 is 2.79 bits per heavy atom. The lowest BCUT2D eigenvalue weighted by molar-refractivity contribution is 0.0141. The Labute approximate surface area is 110 Å². The van der Waals surface area contributed by atoms with Gasteiger partial charge in [0, 0.05) is 12.3 Å². The van der Waals surface area contributed by atoms with Crippen LogP contribution in [0.3, 0.4) is 0 Å². The average Bonchev–Trinajstić information content (AvgIpc) is 2.43. The molecule has 2 rings (SSSR count). The van der Waals surface area contributed by atoms with E-state index in [4.69, 9.17) is 0 Å². The van der Waals surface area contributed by atoms with Crippen molar-refractivity contribution in [3.8, 4) is 0 Å². The van der Waals surface area contributed by atoms with E-state index in [2.05, 4.69) is 10.3 Å². The van der Waals surface area contributed by atoms with Crippen molar-refractivity contribution in [2.24, 2.45) is 0 Å². The minimum atomic E-state index is -0.947. The standard InChI is InChI=1S/C14H18N2O3/c1-15-5-4-12(17)14(19)9-2-3-10-8-16-13(18)7-11(10)6-9/h2-3,6-8,12,14-15,17,19H,4-5H2,1H3,(H,16,18). The van der Waals surface area contributed by atoms with Crippen molar-refractivity contribution >= 4 is 10.8 Å². The summed E-state index contributed by atoms with van der Waals surface area (Å²) in [7, 11) is 1.79. The lowest BCUT2D eigenvalue weighted by Gasteiger charge is -2.18. The molecule has 5 nitrogen and oxygen atoms in total. The molecule has 1 aromatic carbocycles. The maximum atomic E-state index is 11.3. The highest BCUT2D eigenvalue weighted by molar-refractivity contribution is 5.82. The van der Waals surface area contributed by atoms with Crippen molar-refractivity contribution in [3.63, 3.8) is 0 Å². The molecule has 2 unspecified atom stereocenters. The predicted molar refractivity (Wildman–Crippen MR) is 74.1 cm³/mol. The van der Waals surface area contributed by atoms with Crippen LogP contribution in [-0.4, -0.2) is 34.9 Å². The van der Waals surface area contributed by atoms with Crippen LogP contribution >= 0.6 is 0 Å². The number of nitrogens with one attached hydrogen (secondary N) is 2. The minimum Gasteiger partial charge on any atom is -0.390 e. The second-order valence-electron chi connectivity index (χ2n) is 4.59. The number of H-pyrrole nitrogens is 1. The van der Waals surface area contributed by atoms with Gasteiger partial charge in [0.1, 0.15) is 6.10 Å². The molecule has 0 aliphatic heterocycles. The van der Waals surface area contributed by atoms with Crippen molar-refractivity contribution in [2.75, 3.05) is 13.6 Å². The summed E-state index contributed by atoms with van der Waals surface area (Å²) in [5, 5.41) is 24.5. The number of fused-ring (bicyclic) bond motifs is 1. The van der Waals surface area contributed by atoms with Crippen LogP contribution in [0.4, 0.5) is 0 Å². The van der Waals surface area contributed by atoms with Crippen LogP contribution in [0.1, 0.15) is 18.1 Å². The van der Waals surface area contributed by atoms with Crippen LogP contribution in [-0.2, 0) is 0 Å². The number of aromatic nitrogens is 1. The molecular weight excluding hydrogens is 244 g/mol. The van der Waals surface area contributed by atoms with E-state index >= 15 is 0 Å². The Balaban J connectivity index is 2.27. The number of aliphatic hydroxyl groups is 2. The van der Waals surface area contributed by atoms with Gasteiger partial charge in [0.2, 0.25) is 5.56 Å². The first-order valence-electron chi connectivity index (χ1n) is 6.25. The maximum absolute atomic E-state index is 11.3. The minimum absolute atomic E-state index is 0.185. The second-order valence-corrected chi connectivity index (χ2v) is 4.59. The Morgan fingerprint density at radius 1 is 1.26 bits per heavy atom. The van der Waals surface area contributed by atoms with E-state index in [0.29, 0.717) is 18.5 Å². The van der Waals surface area contributed by atoms with Gasteiger partial charge in [-0.2, -0.15) is 0 Å². The van der Waals surface area contributed by atoms with E-state index in [1.165, 1.54) is 6.07 Å². The average molecular weight is 262 g/mol. The number of hydrogen-bond acceptors (Lipinski definition) is 4. The lowest BCUT2D eigenvalue weighted by atomic mass is 9.99. The van der Waals surface area contributed by atoms with E-state index in [-0.39, 0.29) is 5.56 Å². The maximum Gasteiger partial charge on any atom is 0.248 e. The van der Waals surface area contributed by atoms with Gasteiger partial charge < -0.3 is 20.5 Å². The normalized spacial score (nSPS) is 14.5. The number of aliphatic hydroxyl groups excluding tert-OH is 2. The molecule has 0 spiro atoms. The summed E-state index contributed by atoms with van der Waals surface area (Å²) in [6.07, 6.45) is 0.319. The molecule has 1 aromatic heterocycles. The summed E-state index contributed by atoms with van der Waals surface area (Å²) in [5.74, 6) is 0. The van der Waals surface area contributed by atoms with Crippen molar-refractivity contribution in [1.82, 2.24) is 10.3 Å². The third-order valence-electron chi connectivity index (χ3n) is 3.16. The molecule has 0 radical (unpaired) electrons. The predicted octanol–water partition coefficient (Wildman–Crippen LogP) is 0.532. The SMILES string of the molecule is CNCCC(O)C(O)c1ccc2c[nH]c(=O)cc2c1. The summed E-state index contributed by atoms with van der Waals surface area (Å²) < 4.78 is 0. The highest BCUT2D eigenvalue weighted by atomic mass is 16.3. The number of pyridine rings is 1. The van der Waals surface area contributed by atoms with Gasteiger partial charge in [-0.15, -0.1) is 0 Å². The largest absolute Gasteiger partial charge is 0.390 e. The van der Waals surface area contributed by atoms with Crippen LogP contribution in [0.15, 0.2) is 35.3 Å². The second kappa shape index (κ2) is 5.97. The van der Waals surface area contributed by atoms with Gasteiger partial charge in [-0.05, 0) is 42.4 Å². The fourth-order valence-electron chi connectivity index (χ4n) is 2.04. The van der Waals surface area contributed by atoms with Crippen molar-refractivity contribution in [1.29, 1.82) is 0 Å². The molecule has 0 bridgehead atoms.